The Labute approximate surface area is 468 Å². The van der Waals surface area contributed by atoms with Crippen LogP contribution in [-0.2, 0) is 0 Å². The second kappa shape index (κ2) is 20.0. The van der Waals surface area contributed by atoms with Crippen LogP contribution in [0.25, 0.3) is 123 Å². The van der Waals surface area contributed by atoms with E-state index >= 15 is 0 Å². The molecule has 0 fully saturated rings. The van der Waals surface area contributed by atoms with Gasteiger partial charge in [0.1, 0.15) is 0 Å². The van der Waals surface area contributed by atoms with E-state index in [1.807, 2.05) is 170 Å². The average molecular weight is 1040 g/mol. The number of nitriles is 7. The lowest BCUT2D eigenvalue weighted by Crippen LogP contribution is -2.04. The summed E-state index contributed by atoms with van der Waals surface area (Å²) in [5.41, 5.74) is 12.2. The van der Waals surface area contributed by atoms with Gasteiger partial charge < -0.3 is 9.13 Å². The molecule has 0 aliphatic heterocycles. The summed E-state index contributed by atoms with van der Waals surface area (Å²) in [5.74, 6) is 1.38. The topological polar surface area (TPSA) is 215 Å². The molecule has 0 atom stereocenters. The number of benzene rings is 10. The fourth-order valence-electron chi connectivity index (χ4n) is 11.2. The Hall–Kier alpha value is -12.8. The van der Waals surface area contributed by atoms with Crippen LogP contribution in [0.4, 0.5) is 0 Å². The molecule has 0 N–H and O–H groups in total. The van der Waals surface area contributed by atoms with E-state index in [1.165, 1.54) is 24.3 Å². The third-order valence-corrected chi connectivity index (χ3v) is 14.8. The molecule has 3 aromatic heterocycles. The highest BCUT2D eigenvalue weighted by Crippen LogP contribution is 2.45. The third kappa shape index (κ3) is 8.07. The Morgan fingerprint density at radius 3 is 1.06 bits per heavy atom. The molecule has 0 aliphatic rings. The SMILES string of the molecule is N#Cc1cc(C#N)c(-c2ccc3c(c2)c2ccccc2n3-c2ccc(C#N)cc2-c2cc(-c3nc(-c4ccccc4)nc(-c4ccccc4)n3)ccc2-n2c3ccccc3c3cc(-c4c(C#N)cc(C#N)cc4C#N)ccc32)c(C#N)c1. The van der Waals surface area contributed by atoms with Crippen molar-refractivity contribution < 1.29 is 0 Å². The standard InChI is InChI=1S/C70H34N12/c71-35-42-19-23-62(81-60-17-9-7-15-54(60)57-32-47(20-24-63(57)81)66-50(38-74)27-43(36-72)28-51(66)39-75)56(31-42)59-34-49(70-79-68(45-11-3-1-4-12-45)78-69(80-70)46-13-5-2-6-14-46)22-26-65(59)82-61-18-10-8-16-55(61)58-33-48(21-25-64(58)82)67-52(40-76)29-44(37-73)30-53(67)41-77/h1-34H. The monoisotopic (exact) mass is 1040 g/mol. The number of para-hydroxylation sites is 2. The van der Waals surface area contributed by atoms with Crippen LogP contribution >= 0.6 is 0 Å². The van der Waals surface area contributed by atoms with Crippen LogP contribution in [0.1, 0.15) is 38.9 Å². The van der Waals surface area contributed by atoms with E-state index in [0.29, 0.717) is 62.0 Å². The van der Waals surface area contributed by atoms with Crippen LogP contribution in [0, 0.1) is 79.3 Å². The second-order valence-corrected chi connectivity index (χ2v) is 19.3. The van der Waals surface area contributed by atoms with Gasteiger partial charge in [-0.3, -0.25) is 0 Å². The van der Waals surface area contributed by atoms with Crippen molar-refractivity contribution in [2.24, 2.45) is 0 Å². The van der Waals surface area contributed by atoms with Gasteiger partial charge in [0.25, 0.3) is 0 Å². The molecule has 0 saturated heterocycles. The first kappa shape index (κ1) is 48.9. The van der Waals surface area contributed by atoms with Crippen LogP contribution in [0.5, 0.6) is 0 Å². The lowest BCUT2D eigenvalue weighted by molar-refractivity contribution is 1.07. The molecule has 10 aromatic carbocycles. The molecule has 3 heterocycles. The first-order valence-electron chi connectivity index (χ1n) is 25.7. The van der Waals surface area contributed by atoms with Crippen LogP contribution in [0.3, 0.4) is 0 Å². The molecule has 12 heteroatoms. The molecule has 13 rings (SSSR count). The molecule has 13 aromatic rings. The van der Waals surface area contributed by atoms with Crippen molar-refractivity contribution in [1.29, 1.82) is 36.8 Å². The summed E-state index contributed by atoms with van der Waals surface area (Å²) in [7, 11) is 0. The predicted octanol–water partition coefficient (Wildman–Crippen LogP) is 15.2. The van der Waals surface area contributed by atoms with Gasteiger partial charge in [-0.15, -0.1) is 0 Å². The molecule has 82 heavy (non-hydrogen) atoms. The lowest BCUT2D eigenvalue weighted by atomic mass is 9.92. The molecule has 12 nitrogen and oxygen atoms in total. The Balaban J connectivity index is 1.11. The zero-order valence-corrected chi connectivity index (χ0v) is 43.0. The number of fused-ring (bicyclic) bond motifs is 6. The summed E-state index contributed by atoms with van der Waals surface area (Å²) in [4.78, 5) is 15.3. The van der Waals surface area contributed by atoms with E-state index in [2.05, 4.69) is 57.7 Å². The van der Waals surface area contributed by atoms with Gasteiger partial charge in [0.15, 0.2) is 17.5 Å². The van der Waals surface area contributed by atoms with E-state index in [0.717, 1.165) is 66.1 Å². The summed E-state index contributed by atoms with van der Waals surface area (Å²) in [6, 6.07) is 80.4. The number of hydrogen-bond donors (Lipinski definition) is 0. The minimum Gasteiger partial charge on any atom is -0.309 e. The first-order chi connectivity index (χ1) is 40.3. The average Bonchev–Trinajstić information content (AvgIpc) is 2.45. The molecule has 0 bridgehead atoms. The highest BCUT2D eigenvalue weighted by molar-refractivity contribution is 6.13. The third-order valence-electron chi connectivity index (χ3n) is 14.8. The van der Waals surface area contributed by atoms with E-state index in [4.69, 9.17) is 15.0 Å². The zero-order valence-electron chi connectivity index (χ0n) is 43.0. The zero-order chi connectivity index (χ0) is 56.0. The quantitative estimate of drug-likeness (QED) is 0.140. The maximum Gasteiger partial charge on any atom is 0.164 e. The van der Waals surface area contributed by atoms with Crippen molar-refractivity contribution in [3.63, 3.8) is 0 Å². The molecule has 374 valence electrons. The fourth-order valence-corrected chi connectivity index (χ4v) is 11.2. The minimum absolute atomic E-state index is 0.208. The highest BCUT2D eigenvalue weighted by Gasteiger charge is 2.25. The van der Waals surface area contributed by atoms with Gasteiger partial charge in [0.2, 0.25) is 0 Å². The van der Waals surface area contributed by atoms with Crippen molar-refractivity contribution in [2.75, 3.05) is 0 Å². The summed E-state index contributed by atoms with van der Waals surface area (Å²) < 4.78 is 4.34. The summed E-state index contributed by atoms with van der Waals surface area (Å²) in [5, 5.41) is 75.2. The summed E-state index contributed by atoms with van der Waals surface area (Å²) in [6.45, 7) is 0. The minimum atomic E-state index is 0.208. The Morgan fingerprint density at radius 1 is 0.268 bits per heavy atom. The lowest BCUT2D eigenvalue weighted by Gasteiger charge is -2.20. The Bertz CT molecular complexity index is 5070. The van der Waals surface area contributed by atoms with E-state index in [1.54, 1.807) is 6.07 Å². The number of hydrogen-bond acceptors (Lipinski definition) is 10. The van der Waals surface area contributed by atoms with Gasteiger partial charge in [-0.2, -0.15) is 36.8 Å². The predicted molar refractivity (Wildman–Crippen MR) is 314 cm³/mol. The van der Waals surface area contributed by atoms with E-state index < -0.39 is 0 Å². The van der Waals surface area contributed by atoms with Crippen LogP contribution < -0.4 is 0 Å². The van der Waals surface area contributed by atoms with Gasteiger partial charge in [-0.25, -0.2) is 15.0 Å². The van der Waals surface area contributed by atoms with Crippen molar-refractivity contribution in [3.8, 4) is 121 Å². The number of nitrogens with zero attached hydrogens (tertiary/aromatic N) is 12. The summed E-state index contributed by atoms with van der Waals surface area (Å²) in [6.07, 6.45) is 0. The molecule has 0 amide bonds. The summed E-state index contributed by atoms with van der Waals surface area (Å²) >= 11 is 0. The van der Waals surface area contributed by atoms with Crippen molar-refractivity contribution in [1.82, 2.24) is 24.1 Å². The van der Waals surface area contributed by atoms with Crippen molar-refractivity contribution >= 4 is 43.6 Å². The highest BCUT2D eigenvalue weighted by atomic mass is 15.0. The fraction of sp³-hybridized carbons (Fsp3) is 0. The van der Waals surface area contributed by atoms with Crippen LogP contribution in [0.2, 0.25) is 0 Å². The second-order valence-electron chi connectivity index (χ2n) is 19.3. The number of aromatic nitrogens is 5. The normalized spacial score (nSPS) is 10.8. The molecule has 0 unspecified atom stereocenters. The van der Waals surface area contributed by atoms with Gasteiger partial charge in [0.05, 0.1) is 115 Å². The number of rotatable bonds is 8. The Kier molecular flexibility index (Phi) is 11.9. The Morgan fingerprint density at radius 2 is 0.634 bits per heavy atom. The molecule has 0 spiro atoms. The maximum absolute atomic E-state index is 10.8. The van der Waals surface area contributed by atoms with E-state index in [9.17, 15) is 36.8 Å². The van der Waals surface area contributed by atoms with E-state index in [-0.39, 0.29) is 33.4 Å². The van der Waals surface area contributed by atoms with Gasteiger partial charge >= 0.3 is 0 Å². The van der Waals surface area contributed by atoms with Crippen molar-refractivity contribution in [2.45, 2.75) is 0 Å². The van der Waals surface area contributed by atoms with Crippen LogP contribution in [-0.4, -0.2) is 24.1 Å². The first-order valence-corrected chi connectivity index (χ1v) is 25.7. The van der Waals surface area contributed by atoms with Crippen LogP contribution in [0.15, 0.2) is 206 Å². The largest absolute Gasteiger partial charge is 0.309 e. The van der Waals surface area contributed by atoms with Crippen molar-refractivity contribution in [3.05, 3.63) is 245 Å². The smallest absolute Gasteiger partial charge is 0.164 e. The van der Waals surface area contributed by atoms with Gasteiger partial charge in [0, 0.05) is 60.5 Å². The molecular weight excluding hydrogens is 1010 g/mol. The maximum atomic E-state index is 10.8. The molecule has 0 aliphatic carbocycles. The molecule has 0 radical (unpaired) electrons. The van der Waals surface area contributed by atoms with Gasteiger partial charge in [-0.1, -0.05) is 109 Å². The molecular formula is C70H34N12. The van der Waals surface area contributed by atoms with Gasteiger partial charge in [-0.05, 0) is 108 Å². The molecule has 0 saturated carbocycles.